The Morgan fingerprint density at radius 3 is 2.67 bits per heavy atom. The van der Waals surface area contributed by atoms with E-state index in [0.717, 1.165) is 51.7 Å². The zero-order chi connectivity index (χ0) is 16.9. The Morgan fingerprint density at radius 2 is 1.88 bits per heavy atom. The quantitative estimate of drug-likeness (QED) is 0.778. The molecule has 4 fully saturated rings. The number of hydrogen-bond donors (Lipinski definition) is 0. The average Bonchev–Trinajstić information content (AvgIpc) is 2.88. The molecular weight excluding hydrogens is 300 g/mol. The monoisotopic (exact) mass is 332 g/mol. The summed E-state index contributed by atoms with van der Waals surface area (Å²) in [6.07, 6.45) is 9.06. The summed E-state index contributed by atoms with van der Waals surface area (Å²) in [5.74, 6) is 3.43. The Kier molecular flexibility index (Phi) is 4.14. The first kappa shape index (κ1) is 16.8. The van der Waals surface area contributed by atoms with Crippen LogP contribution in [0.25, 0.3) is 0 Å². The van der Waals surface area contributed by atoms with Gasteiger partial charge in [0.1, 0.15) is 11.6 Å². The van der Waals surface area contributed by atoms with Crippen LogP contribution in [0.4, 0.5) is 0 Å². The summed E-state index contributed by atoms with van der Waals surface area (Å²) >= 11 is 0. The van der Waals surface area contributed by atoms with Gasteiger partial charge in [-0.3, -0.25) is 9.59 Å². The summed E-state index contributed by atoms with van der Waals surface area (Å²) < 4.78 is 6.00. The minimum absolute atomic E-state index is 0.0503. The van der Waals surface area contributed by atoms with E-state index in [1.165, 1.54) is 19.3 Å². The number of ketones is 2. The highest BCUT2D eigenvalue weighted by atomic mass is 16.5. The van der Waals surface area contributed by atoms with Crippen LogP contribution in [0.5, 0.6) is 0 Å². The van der Waals surface area contributed by atoms with E-state index in [4.69, 9.17) is 4.74 Å². The highest BCUT2D eigenvalue weighted by molar-refractivity contribution is 5.87. The fraction of sp³-hybridized carbons (Fsp3) is 0.905. The third-order valence-corrected chi connectivity index (χ3v) is 8.46. The van der Waals surface area contributed by atoms with Crippen LogP contribution in [0.1, 0.15) is 71.6 Å². The van der Waals surface area contributed by atoms with Gasteiger partial charge in [-0.25, -0.2) is 0 Å². The van der Waals surface area contributed by atoms with E-state index in [1.807, 2.05) is 0 Å². The standard InChI is InChI=1S/C21H32O3/c1-3-24-13-21-11-8-15(22)12-14(21)4-5-16-17-6-7-19(23)20(17,2)10-9-18(16)21/h14,16-18H,3-13H2,1-2H3. The zero-order valence-corrected chi connectivity index (χ0v) is 15.3. The molecule has 0 saturated heterocycles. The predicted octanol–water partition coefficient (Wildman–Crippen LogP) is 4.18. The van der Waals surface area contributed by atoms with Crippen molar-refractivity contribution in [2.24, 2.45) is 34.5 Å². The summed E-state index contributed by atoms with van der Waals surface area (Å²) in [4.78, 5) is 24.6. The summed E-state index contributed by atoms with van der Waals surface area (Å²) in [7, 11) is 0. The van der Waals surface area contributed by atoms with Crippen LogP contribution in [0, 0.1) is 34.5 Å². The van der Waals surface area contributed by atoms with E-state index < -0.39 is 0 Å². The van der Waals surface area contributed by atoms with Crippen molar-refractivity contribution in [2.45, 2.75) is 71.6 Å². The largest absolute Gasteiger partial charge is 0.381 e. The molecule has 3 nitrogen and oxygen atoms in total. The van der Waals surface area contributed by atoms with Crippen LogP contribution >= 0.6 is 0 Å². The third-order valence-electron chi connectivity index (χ3n) is 8.46. The van der Waals surface area contributed by atoms with Gasteiger partial charge in [-0.2, -0.15) is 0 Å². The van der Waals surface area contributed by atoms with Gasteiger partial charge in [-0.15, -0.1) is 0 Å². The molecule has 0 aromatic rings. The zero-order valence-electron chi connectivity index (χ0n) is 15.3. The molecule has 0 aliphatic heterocycles. The Balaban J connectivity index is 1.66. The van der Waals surface area contributed by atoms with Crippen molar-refractivity contribution in [2.75, 3.05) is 13.2 Å². The summed E-state index contributed by atoms with van der Waals surface area (Å²) in [6.45, 7) is 5.92. The van der Waals surface area contributed by atoms with Gasteiger partial charge in [0, 0.05) is 36.7 Å². The summed E-state index contributed by atoms with van der Waals surface area (Å²) in [5, 5.41) is 0. The molecule has 0 heterocycles. The van der Waals surface area contributed by atoms with Gasteiger partial charge in [-0.1, -0.05) is 6.92 Å². The first-order chi connectivity index (χ1) is 11.5. The molecule has 6 atom stereocenters. The van der Waals surface area contributed by atoms with Crippen molar-refractivity contribution in [3.63, 3.8) is 0 Å². The van der Waals surface area contributed by atoms with Gasteiger partial charge in [0.2, 0.25) is 0 Å². The molecule has 0 aromatic carbocycles. The molecule has 24 heavy (non-hydrogen) atoms. The minimum Gasteiger partial charge on any atom is -0.381 e. The number of fused-ring (bicyclic) bond motifs is 5. The Hall–Kier alpha value is -0.700. The Morgan fingerprint density at radius 1 is 1.04 bits per heavy atom. The van der Waals surface area contributed by atoms with Crippen LogP contribution in [0.2, 0.25) is 0 Å². The lowest BCUT2D eigenvalue weighted by Gasteiger charge is -2.60. The molecule has 0 aromatic heterocycles. The number of Topliss-reactive ketones (excluding diaryl/α,β-unsaturated/α-hetero) is 2. The van der Waals surface area contributed by atoms with Crippen molar-refractivity contribution >= 4 is 11.6 Å². The molecular formula is C21H32O3. The normalized spacial score (nSPS) is 47.9. The highest BCUT2D eigenvalue weighted by Crippen LogP contribution is 2.65. The maximum Gasteiger partial charge on any atom is 0.139 e. The lowest BCUT2D eigenvalue weighted by Crippen LogP contribution is -2.56. The number of carbonyl (C=O) groups is 2. The van der Waals surface area contributed by atoms with E-state index in [-0.39, 0.29) is 10.8 Å². The van der Waals surface area contributed by atoms with Crippen molar-refractivity contribution in [3.8, 4) is 0 Å². The molecule has 4 aliphatic carbocycles. The fourth-order valence-corrected chi connectivity index (χ4v) is 7.19. The maximum absolute atomic E-state index is 12.5. The van der Waals surface area contributed by atoms with Gasteiger partial charge < -0.3 is 4.74 Å². The maximum atomic E-state index is 12.5. The van der Waals surface area contributed by atoms with E-state index in [0.29, 0.717) is 35.2 Å². The van der Waals surface area contributed by atoms with Gasteiger partial charge in [-0.05, 0) is 69.1 Å². The van der Waals surface area contributed by atoms with Gasteiger partial charge in [0.15, 0.2) is 0 Å². The molecule has 6 unspecified atom stereocenters. The number of ether oxygens (including phenoxy) is 1. The van der Waals surface area contributed by atoms with Crippen LogP contribution in [-0.2, 0) is 14.3 Å². The second-order valence-corrected chi connectivity index (χ2v) is 9.18. The van der Waals surface area contributed by atoms with Crippen LogP contribution < -0.4 is 0 Å². The second kappa shape index (κ2) is 5.93. The lowest BCUT2D eigenvalue weighted by atomic mass is 9.45. The molecule has 4 rings (SSSR count). The smallest absolute Gasteiger partial charge is 0.139 e. The first-order valence-corrected chi connectivity index (χ1v) is 10.1. The summed E-state index contributed by atoms with van der Waals surface area (Å²) in [5.41, 5.74) is 0.158. The van der Waals surface area contributed by atoms with Crippen LogP contribution in [-0.4, -0.2) is 24.8 Å². The van der Waals surface area contributed by atoms with Crippen molar-refractivity contribution in [1.82, 2.24) is 0 Å². The molecule has 0 radical (unpaired) electrons. The molecule has 4 aliphatic rings. The van der Waals surface area contributed by atoms with E-state index >= 15 is 0 Å². The molecule has 0 amide bonds. The molecule has 0 N–H and O–H groups in total. The Labute approximate surface area is 145 Å². The minimum atomic E-state index is -0.0503. The van der Waals surface area contributed by atoms with E-state index in [1.54, 1.807) is 0 Å². The number of hydrogen-bond acceptors (Lipinski definition) is 3. The van der Waals surface area contributed by atoms with Crippen molar-refractivity contribution < 1.29 is 14.3 Å². The van der Waals surface area contributed by atoms with Gasteiger partial charge in [0.25, 0.3) is 0 Å². The SMILES string of the molecule is CCOCC12CCC(=O)CC1CCC1C3CCC(=O)C3(C)CCC12. The van der Waals surface area contributed by atoms with Gasteiger partial charge >= 0.3 is 0 Å². The average molecular weight is 332 g/mol. The third kappa shape index (κ3) is 2.26. The number of rotatable bonds is 3. The highest BCUT2D eigenvalue weighted by Gasteiger charge is 2.61. The second-order valence-electron chi connectivity index (χ2n) is 9.18. The molecule has 134 valence electrons. The van der Waals surface area contributed by atoms with Crippen LogP contribution in [0.3, 0.4) is 0 Å². The molecule has 0 spiro atoms. The molecule has 3 heteroatoms. The van der Waals surface area contributed by atoms with Crippen LogP contribution in [0.15, 0.2) is 0 Å². The number of carbonyl (C=O) groups excluding carboxylic acids is 2. The van der Waals surface area contributed by atoms with E-state index in [2.05, 4.69) is 13.8 Å². The van der Waals surface area contributed by atoms with Crippen molar-refractivity contribution in [1.29, 1.82) is 0 Å². The fourth-order valence-electron chi connectivity index (χ4n) is 7.19. The van der Waals surface area contributed by atoms with Gasteiger partial charge in [0.05, 0.1) is 6.61 Å². The first-order valence-electron chi connectivity index (χ1n) is 10.1. The van der Waals surface area contributed by atoms with Crippen molar-refractivity contribution in [3.05, 3.63) is 0 Å². The van der Waals surface area contributed by atoms with E-state index in [9.17, 15) is 9.59 Å². The topological polar surface area (TPSA) is 43.4 Å². The Bertz CT molecular complexity index is 541. The molecule has 4 saturated carbocycles. The lowest BCUT2D eigenvalue weighted by molar-refractivity contribution is -0.159. The molecule has 0 bridgehead atoms. The summed E-state index contributed by atoms with van der Waals surface area (Å²) in [6, 6.07) is 0. The predicted molar refractivity (Wildman–Crippen MR) is 92.6 cm³/mol.